The van der Waals surface area contributed by atoms with Crippen LogP contribution in [-0.2, 0) is 50.5 Å². The molecule has 12 rings (SSSR count). The van der Waals surface area contributed by atoms with Crippen LogP contribution < -0.4 is 10.6 Å². The first-order valence-corrected chi connectivity index (χ1v) is 33.1. The normalized spacial score (nSPS) is 16.3. The van der Waals surface area contributed by atoms with E-state index in [4.69, 9.17) is 19.5 Å². The molecule has 2 unspecified atom stereocenters. The van der Waals surface area contributed by atoms with E-state index >= 15 is 18.6 Å². The number of aromatic nitrogens is 4. The van der Waals surface area contributed by atoms with Gasteiger partial charge in [-0.3, -0.25) is 29.1 Å². The van der Waals surface area contributed by atoms with Gasteiger partial charge in [-0.25, -0.2) is 19.6 Å². The SMILES string of the molecule is CC(C)(C)OC(=O)Nc1nc(/C(=N\OC(c2ccccc2)(c2ccccc2)c2ccccc2)C(=O)N[C@@H]2C(=O)N3C(C(=O)OC(c4ccccc4)c4ccccc4)=C(SC(Sc4nc[nH]n4)C(c4ccccc4)(c4ccccc4)c4ccccc4)CS(=O)[C@H]23)cs1. The van der Waals surface area contributed by atoms with Crippen molar-refractivity contribution in [3.63, 3.8) is 0 Å². The van der Waals surface area contributed by atoms with Crippen LogP contribution >= 0.6 is 34.9 Å². The summed E-state index contributed by atoms with van der Waals surface area (Å²) in [6.45, 7) is 5.18. The van der Waals surface area contributed by atoms with Gasteiger partial charge in [0.05, 0.1) is 26.5 Å². The van der Waals surface area contributed by atoms with Gasteiger partial charge < -0.3 is 19.6 Å². The smallest absolute Gasteiger partial charge is 0.413 e. The number of anilines is 1. The molecule has 1 fully saturated rings. The van der Waals surface area contributed by atoms with Crippen molar-refractivity contribution in [2.45, 2.75) is 64.6 Å². The monoisotopic (exact) mass is 1280 g/mol. The molecule has 91 heavy (non-hydrogen) atoms. The number of hydrogen-bond acceptors (Lipinski definition) is 15. The second-order valence-electron chi connectivity index (χ2n) is 22.2. The fraction of sp³-hybridized carbons (Fsp3) is 0.155. The fourth-order valence-electron chi connectivity index (χ4n) is 11.3. The van der Waals surface area contributed by atoms with Crippen molar-refractivity contribution in [1.29, 1.82) is 0 Å². The van der Waals surface area contributed by atoms with Crippen LogP contribution in [-0.4, -0.2) is 86.2 Å². The number of oxime groups is 1. The average molecular weight is 1280 g/mol. The van der Waals surface area contributed by atoms with Crippen LogP contribution in [0.3, 0.4) is 0 Å². The van der Waals surface area contributed by atoms with Crippen LogP contribution in [0.5, 0.6) is 0 Å². The highest BCUT2D eigenvalue weighted by atomic mass is 32.2. The Morgan fingerprint density at radius 1 is 0.659 bits per heavy atom. The lowest BCUT2D eigenvalue weighted by Crippen LogP contribution is -2.74. The molecular weight excluding hydrogens is 1220 g/mol. The minimum absolute atomic E-state index is 0.0329. The number of nitrogens with one attached hydrogen (secondary N) is 3. The van der Waals surface area contributed by atoms with Gasteiger partial charge in [-0.1, -0.05) is 260 Å². The first-order valence-electron chi connectivity index (χ1n) is 29.1. The van der Waals surface area contributed by atoms with Gasteiger partial charge in [0.1, 0.15) is 34.7 Å². The molecule has 4 heterocycles. The van der Waals surface area contributed by atoms with Gasteiger partial charge in [0, 0.05) is 27.0 Å². The molecule has 10 aromatic rings. The Balaban J connectivity index is 0.980. The number of nitrogens with zero attached hydrogens (tertiary/aromatic N) is 5. The zero-order valence-electron chi connectivity index (χ0n) is 49.4. The lowest BCUT2D eigenvalue weighted by Gasteiger charge is -2.50. The predicted molar refractivity (Wildman–Crippen MR) is 355 cm³/mol. The number of aromatic amines is 1. The maximum absolute atomic E-state index is 15.9. The largest absolute Gasteiger partial charge is 0.448 e. The van der Waals surface area contributed by atoms with Crippen molar-refractivity contribution >= 4 is 80.4 Å². The summed E-state index contributed by atoms with van der Waals surface area (Å²) in [6, 6.07) is 75.3. The van der Waals surface area contributed by atoms with Crippen molar-refractivity contribution < 1.29 is 37.7 Å². The second-order valence-corrected chi connectivity index (χ2v) is 27.1. The molecule has 3 N–H and O–H groups in total. The molecule has 0 saturated carbocycles. The summed E-state index contributed by atoms with van der Waals surface area (Å²) in [5.41, 5.74) is 2.08. The van der Waals surface area contributed by atoms with E-state index in [1.807, 2.05) is 206 Å². The van der Waals surface area contributed by atoms with E-state index in [0.29, 0.717) is 37.9 Å². The van der Waals surface area contributed by atoms with Gasteiger partial charge in [0.25, 0.3) is 11.8 Å². The zero-order valence-corrected chi connectivity index (χ0v) is 52.7. The van der Waals surface area contributed by atoms with Gasteiger partial charge in [-0.15, -0.1) is 28.2 Å². The van der Waals surface area contributed by atoms with E-state index in [-0.39, 0.29) is 28.0 Å². The van der Waals surface area contributed by atoms with E-state index in [9.17, 15) is 4.79 Å². The van der Waals surface area contributed by atoms with E-state index in [2.05, 4.69) is 67.2 Å². The average Bonchev–Trinajstić information content (AvgIpc) is 0.782. The lowest BCUT2D eigenvalue weighted by molar-refractivity contribution is -0.154. The highest BCUT2D eigenvalue weighted by Gasteiger charge is 2.59. The molecule has 0 aliphatic carbocycles. The molecule has 16 nitrogen and oxygen atoms in total. The Labute approximate surface area is 541 Å². The predicted octanol–water partition coefficient (Wildman–Crippen LogP) is 13.2. The van der Waals surface area contributed by atoms with Gasteiger partial charge in [-0.05, 0) is 48.6 Å². The minimum Gasteiger partial charge on any atom is -0.448 e. The fourth-order valence-corrected chi connectivity index (χ4v) is 17.0. The third kappa shape index (κ3) is 12.9. The van der Waals surface area contributed by atoms with Crippen LogP contribution in [0.25, 0.3) is 0 Å². The van der Waals surface area contributed by atoms with Crippen molar-refractivity contribution in [3.8, 4) is 0 Å². The molecular formula is C71H60N8O8S4. The molecule has 0 bridgehead atoms. The summed E-state index contributed by atoms with van der Waals surface area (Å²) in [4.78, 5) is 77.7. The number of carbonyl (C=O) groups is 4. The van der Waals surface area contributed by atoms with E-state index < -0.39 is 73.4 Å². The topological polar surface area (TPSA) is 207 Å². The van der Waals surface area contributed by atoms with Crippen LogP contribution in [0, 0.1) is 0 Å². The molecule has 456 valence electrons. The molecule has 1 saturated heterocycles. The highest BCUT2D eigenvalue weighted by Crippen LogP contribution is 2.55. The van der Waals surface area contributed by atoms with Gasteiger partial charge in [-0.2, -0.15) is 0 Å². The summed E-state index contributed by atoms with van der Waals surface area (Å²) in [6.07, 6.45) is -0.246. The molecule has 4 atom stereocenters. The number of carbonyl (C=O) groups excluding carboxylic acids is 4. The Morgan fingerprint density at radius 3 is 1.57 bits per heavy atom. The first kappa shape index (κ1) is 61.5. The zero-order chi connectivity index (χ0) is 63.0. The maximum Gasteiger partial charge on any atom is 0.413 e. The number of esters is 1. The van der Waals surface area contributed by atoms with Crippen LogP contribution in [0.15, 0.2) is 275 Å². The Hall–Kier alpha value is -9.73. The van der Waals surface area contributed by atoms with Crippen molar-refractivity contribution in [1.82, 2.24) is 30.4 Å². The van der Waals surface area contributed by atoms with Gasteiger partial charge in [0.15, 0.2) is 16.9 Å². The van der Waals surface area contributed by atoms with Crippen molar-refractivity contribution in [2.75, 3.05) is 11.1 Å². The summed E-state index contributed by atoms with van der Waals surface area (Å²) in [5, 5.41) is 18.3. The number of benzene rings is 8. The molecule has 3 amide bonds. The number of rotatable bonds is 21. The third-order valence-electron chi connectivity index (χ3n) is 15.3. The first-order chi connectivity index (χ1) is 44.3. The van der Waals surface area contributed by atoms with Crippen LogP contribution in [0.4, 0.5) is 9.93 Å². The summed E-state index contributed by atoms with van der Waals surface area (Å²) in [5.74, 6) is -2.80. The van der Waals surface area contributed by atoms with Crippen LogP contribution in [0.1, 0.15) is 77.1 Å². The Bertz CT molecular complexity index is 4010. The molecule has 8 aromatic carbocycles. The van der Waals surface area contributed by atoms with E-state index in [1.165, 1.54) is 40.1 Å². The third-order valence-corrected chi connectivity index (χ3v) is 20.6. The molecule has 20 heteroatoms. The van der Waals surface area contributed by atoms with Gasteiger partial charge >= 0.3 is 12.1 Å². The number of fused-ring (bicyclic) bond motifs is 1. The van der Waals surface area contributed by atoms with Crippen molar-refractivity contribution in [3.05, 3.63) is 315 Å². The second kappa shape index (κ2) is 27.2. The summed E-state index contributed by atoms with van der Waals surface area (Å²) in [7, 11) is -2.01. The standard InChI is InChI=1S/C71H60N8O8S4/c1-69(2,3)86-68(83)76-67-74-55(44-88-67)57(78-87-71(52-38-22-9-23-39-52,53-40-24-10-25-41-53)54-42-26-11-27-43-54)61(80)75-58-62(81)79-59(64(82)85-60(47-28-12-4-13-29-47)48-30-14-5-15-31-48)56(45-91(84)63(58)79)89-65(90-66-72-46-73-77-66)70(49-32-16-6-17-33-49,50-34-18-7-19-35-50)51-36-20-8-21-37-51/h4-44,46,58,60,63,65H,45H2,1-3H3,(H,75,80)(H,72,73,77)(H,74,76,83)/b78-57+/t58-,63-,65?,91?/m1/s1. The number of amides is 3. The number of H-pyrrole nitrogens is 1. The van der Waals surface area contributed by atoms with Gasteiger partial charge in [0.2, 0.25) is 10.8 Å². The quantitative estimate of drug-likeness (QED) is 0.0117. The number of thioether (sulfide) groups is 2. The lowest BCUT2D eigenvalue weighted by atomic mass is 9.70. The molecule has 0 spiro atoms. The van der Waals surface area contributed by atoms with E-state index in [1.54, 1.807) is 20.8 Å². The summed E-state index contributed by atoms with van der Waals surface area (Å²) < 4.78 is 27.1. The van der Waals surface area contributed by atoms with Crippen LogP contribution in [0.2, 0.25) is 0 Å². The molecule has 2 aromatic heterocycles. The maximum atomic E-state index is 15.9. The van der Waals surface area contributed by atoms with Crippen molar-refractivity contribution in [2.24, 2.45) is 5.16 Å². The number of thiazole rings is 1. The Morgan fingerprint density at radius 2 is 1.12 bits per heavy atom. The Kier molecular flexibility index (Phi) is 18.4. The number of ether oxygens (including phenoxy) is 2. The molecule has 0 radical (unpaired) electrons. The number of β-lactam (4-membered cyclic amide) rings is 1. The number of hydrogen-bond donors (Lipinski definition) is 3. The molecule has 2 aliphatic heterocycles. The molecule has 2 aliphatic rings. The minimum atomic E-state index is -2.01. The highest BCUT2D eigenvalue weighted by molar-refractivity contribution is 8.19. The van der Waals surface area contributed by atoms with E-state index in [0.717, 1.165) is 28.0 Å². The summed E-state index contributed by atoms with van der Waals surface area (Å²) >= 11 is 3.63.